The van der Waals surface area contributed by atoms with Crippen LogP contribution in [0.3, 0.4) is 0 Å². The Balaban J connectivity index is 1.59. The minimum Gasteiger partial charge on any atom is -0.392 e. The first-order chi connectivity index (χ1) is 11.5. The van der Waals surface area contributed by atoms with Crippen LogP contribution in [0.4, 0.5) is 0 Å². The number of aliphatic hydroxyl groups excluding tert-OH is 1. The normalized spacial score (nSPS) is 20.3. The van der Waals surface area contributed by atoms with Crippen molar-refractivity contribution in [3.05, 3.63) is 52.8 Å². The van der Waals surface area contributed by atoms with Crippen LogP contribution in [0, 0.1) is 13.8 Å². The highest BCUT2D eigenvalue weighted by Gasteiger charge is 2.27. The Morgan fingerprint density at radius 3 is 2.83 bits per heavy atom. The van der Waals surface area contributed by atoms with Gasteiger partial charge in [-0.05, 0) is 37.5 Å². The van der Waals surface area contributed by atoms with Gasteiger partial charge in [0.2, 0.25) is 5.91 Å². The number of nitrogens with one attached hydrogen (secondary N) is 2. The Morgan fingerprint density at radius 1 is 1.38 bits per heavy atom. The van der Waals surface area contributed by atoms with Crippen molar-refractivity contribution in [3.63, 3.8) is 0 Å². The zero-order chi connectivity index (χ0) is 17.1. The van der Waals surface area contributed by atoms with Crippen molar-refractivity contribution < 1.29 is 9.90 Å². The number of aryl methyl sites for hydroxylation is 2. The summed E-state index contributed by atoms with van der Waals surface area (Å²) in [5.41, 5.74) is 4.36. The van der Waals surface area contributed by atoms with E-state index in [1.807, 2.05) is 30.7 Å². The molecule has 1 aliphatic heterocycles. The van der Waals surface area contributed by atoms with Crippen LogP contribution >= 0.6 is 0 Å². The molecule has 2 heterocycles. The molecule has 0 spiro atoms. The SMILES string of the molecule is Cc1cc(C)n(Cc2cccc(CNC(=O)[C@@H]3C[C@H](O)CN3)c2)n1. The summed E-state index contributed by atoms with van der Waals surface area (Å²) in [6.45, 7) is 5.72. The summed E-state index contributed by atoms with van der Waals surface area (Å²) < 4.78 is 1.98. The number of rotatable bonds is 5. The average Bonchev–Trinajstić information content (AvgIpc) is 3.11. The molecule has 1 aromatic heterocycles. The largest absolute Gasteiger partial charge is 0.392 e. The lowest BCUT2D eigenvalue weighted by atomic mass is 10.1. The van der Waals surface area contributed by atoms with Crippen molar-refractivity contribution in [3.8, 4) is 0 Å². The third-order valence-corrected chi connectivity index (χ3v) is 4.32. The van der Waals surface area contributed by atoms with Crippen LogP contribution in [0.1, 0.15) is 28.9 Å². The minimum atomic E-state index is -0.426. The maximum Gasteiger partial charge on any atom is 0.237 e. The van der Waals surface area contributed by atoms with Gasteiger partial charge in [0, 0.05) is 18.8 Å². The Kier molecular flexibility index (Phi) is 4.97. The summed E-state index contributed by atoms with van der Waals surface area (Å²) in [4.78, 5) is 12.1. The predicted molar refractivity (Wildman–Crippen MR) is 91.5 cm³/mol. The third-order valence-electron chi connectivity index (χ3n) is 4.32. The first-order valence-electron chi connectivity index (χ1n) is 8.29. The maximum absolute atomic E-state index is 12.1. The second kappa shape index (κ2) is 7.15. The molecule has 128 valence electrons. The van der Waals surface area contributed by atoms with Crippen LogP contribution in [0.5, 0.6) is 0 Å². The molecule has 24 heavy (non-hydrogen) atoms. The fraction of sp³-hybridized carbons (Fsp3) is 0.444. The minimum absolute atomic E-state index is 0.0597. The van der Waals surface area contributed by atoms with Gasteiger partial charge in [-0.2, -0.15) is 5.10 Å². The number of hydrogen-bond donors (Lipinski definition) is 3. The maximum atomic E-state index is 12.1. The number of hydrogen-bond acceptors (Lipinski definition) is 4. The van der Waals surface area contributed by atoms with E-state index in [1.165, 1.54) is 0 Å². The van der Waals surface area contributed by atoms with Crippen molar-refractivity contribution in [2.24, 2.45) is 0 Å². The molecule has 0 aliphatic carbocycles. The van der Waals surface area contributed by atoms with Gasteiger partial charge in [0.05, 0.1) is 24.4 Å². The Labute approximate surface area is 141 Å². The van der Waals surface area contributed by atoms with E-state index in [-0.39, 0.29) is 11.9 Å². The molecule has 1 amide bonds. The van der Waals surface area contributed by atoms with Gasteiger partial charge in [0.25, 0.3) is 0 Å². The van der Waals surface area contributed by atoms with Crippen molar-refractivity contribution in [2.45, 2.75) is 45.5 Å². The third kappa shape index (κ3) is 4.01. The lowest BCUT2D eigenvalue weighted by molar-refractivity contribution is -0.123. The highest BCUT2D eigenvalue weighted by Crippen LogP contribution is 2.11. The smallest absolute Gasteiger partial charge is 0.237 e. The molecule has 3 N–H and O–H groups in total. The second-order valence-electron chi connectivity index (χ2n) is 6.47. The van der Waals surface area contributed by atoms with E-state index < -0.39 is 6.10 Å². The van der Waals surface area contributed by atoms with Gasteiger partial charge in [0.1, 0.15) is 0 Å². The Morgan fingerprint density at radius 2 is 2.17 bits per heavy atom. The first kappa shape index (κ1) is 16.7. The zero-order valence-electron chi connectivity index (χ0n) is 14.1. The monoisotopic (exact) mass is 328 g/mol. The number of amides is 1. The molecule has 0 bridgehead atoms. The van der Waals surface area contributed by atoms with Gasteiger partial charge in [-0.1, -0.05) is 24.3 Å². The van der Waals surface area contributed by atoms with Crippen LogP contribution in [-0.2, 0) is 17.9 Å². The van der Waals surface area contributed by atoms with Crippen molar-refractivity contribution in [1.29, 1.82) is 0 Å². The van der Waals surface area contributed by atoms with Crippen LogP contribution in [-0.4, -0.2) is 39.5 Å². The lowest BCUT2D eigenvalue weighted by Gasteiger charge is -2.12. The molecule has 0 radical (unpaired) electrons. The molecule has 6 heteroatoms. The Hall–Kier alpha value is -2.18. The van der Waals surface area contributed by atoms with E-state index in [9.17, 15) is 9.90 Å². The molecule has 2 aromatic rings. The van der Waals surface area contributed by atoms with Crippen molar-refractivity contribution in [1.82, 2.24) is 20.4 Å². The van der Waals surface area contributed by atoms with Gasteiger partial charge in [-0.15, -0.1) is 0 Å². The molecule has 3 rings (SSSR count). The van der Waals surface area contributed by atoms with Crippen LogP contribution in [0.25, 0.3) is 0 Å². The van der Waals surface area contributed by atoms with E-state index in [0.717, 1.165) is 29.1 Å². The summed E-state index contributed by atoms with van der Waals surface area (Å²) in [6.07, 6.45) is 0.0499. The summed E-state index contributed by atoms with van der Waals surface area (Å²) in [5.74, 6) is -0.0597. The topological polar surface area (TPSA) is 79.2 Å². The van der Waals surface area contributed by atoms with Gasteiger partial charge >= 0.3 is 0 Å². The lowest BCUT2D eigenvalue weighted by Crippen LogP contribution is -2.40. The van der Waals surface area contributed by atoms with Crippen LogP contribution in [0.2, 0.25) is 0 Å². The highest BCUT2D eigenvalue weighted by molar-refractivity contribution is 5.82. The number of carbonyl (C=O) groups is 1. The molecule has 2 atom stereocenters. The van der Waals surface area contributed by atoms with E-state index in [2.05, 4.69) is 33.9 Å². The average molecular weight is 328 g/mol. The van der Waals surface area contributed by atoms with Gasteiger partial charge < -0.3 is 15.7 Å². The number of benzene rings is 1. The molecule has 1 aromatic carbocycles. The molecule has 0 unspecified atom stereocenters. The molecule has 6 nitrogen and oxygen atoms in total. The van der Waals surface area contributed by atoms with Crippen molar-refractivity contribution >= 4 is 5.91 Å². The molecule has 1 saturated heterocycles. The van der Waals surface area contributed by atoms with E-state index in [1.54, 1.807) is 0 Å². The summed E-state index contributed by atoms with van der Waals surface area (Å²) in [6, 6.07) is 9.93. The van der Waals surface area contributed by atoms with Gasteiger partial charge in [-0.3, -0.25) is 9.48 Å². The molecular formula is C18H24N4O2. The molecular weight excluding hydrogens is 304 g/mol. The fourth-order valence-corrected chi connectivity index (χ4v) is 3.08. The molecule has 1 aliphatic rings. The first-order valence-corrected chi connectivity index (χ1v) is 8.29. The number of β-amino-alcohol motifs (C(OH)–C–C–N with tert-alkyl or cyclic N) is 1. The standard InChI is InChI=1S/C18H24N4O2/c1-12-6-13(2)22(21-12)11-15-5-3-4-14(7-15)9-20-18(24)17-8-16(23)10-19-17/h3-7,16-17,19,23H,8-11H2,1-2H3,(H,20,24)/t16-,17-/m0/s1. The summed E-state index contributed by atoms with van der Waals surface area (Å²) in [5, 5.41) is 19.9. The quantitative estimate of drug-likeness (QED) is 0.761. The van der Waals surface area contributed by atoms with E-state index in [0.29, 0.717) is 19.5 Å². The van der Waals surface area contributed by atoms with E-state index >= 15 is 0 Å². The summed E-state index contributed by atoms with van der Waals surface area (Å²) in [7, 11) is 0. The van der Waals surface area contributed by atoms with Crippen molar-refractivity contribution in [2.75, 3.05) is 6.54 Å². The second-order valence-corrected chi connectivity index (χ2v) is 6.47. The summed E-state index contributed by atoms with van der Waals surface area (Å²) >= 11 is 0. The number of aliphatic hydroxyl groups is 1. The number of nitrogens with zero attached hydrogens (tertiary/aromatic N) is 2. The highest BCUT2D eigenvalue weighted by atomic mass is 16.3. The van der Waals surface area contributed by atoms with Gasteiger partial charge in [-0.25, -0.2) is 0 Å². The fourth-order valence-electron chi connectivity index (χ4n) is 3.08. The van der Waals surface area contributed by atoms with Crippen LogP contribution < -0.4 is 10.6 Å². The zero-order valence-corrected chi connectivity index (χ0v) is 14.1. The Bertz CT molecular complexity index is 726. The number of aromatic nitrogens is 2. The van der Waals surface area contributed by atoms with Crippen LogP contribution in [0.15, 0.2) is 30.3 Å². The molecule has 1 fully saturated rings. The molecule has 0 saturated carbocycles. The van der Waals surface area contributed by atoms with Gasteiger partial charge in [0.15, 0.2) is 0 Å². The predicted octanol–water partition coefficient (Wildman–Crippen LogP) is 0.887. The number of carbonyl (C=O) groups excluding carboxylic acids is 1. The van der Waals surface area contributed by atoms with E-state index in [4.69, 9.17) is 0 Å².